The van der Waals surface area contributed by atoms with Crippen LogP contribution in [0.3, 0.4) is 0 Å². The number of amides is 1. The van der Waals surface area contributed by atoms with E-state index in [-0.39, 0.29) is 23.7 Å². The molecule has 8 nitrogen and oxygen atoms in total. The van der Waals surface area contributed by atoms with Crippen LogP contribution >= 0.6 is 0 Å². The van der Waals surface area contributed by atoms with E-state index in [1.54, 1.807) is 17.8 Å². The molecule has 0 radical (unpaired) electrons. The van der Waals surface area contributed by atoms with Gasteiger partial charge < -0.3 is 15.7 Å². The molecule has 2 heterocycles. The summed E-state index contributed by atoms with van der Waals surface area (Å²) in [5, 5.41) is 23.1. The summed E-state index contributed by atoms with van der Waals surface area (Å²) in [6.07, 6.45) is 3.67. The van der Waals surface area contributed by atoms with Gasteiger partial charge in [-0.1, -0.05) is 11.6 Å². The van der Waals surface area contributed by atoms with Crippen molar-refractivity contribution in [2.45, 2.75) is 38.3 Å². The molecule has 1 aromatic rings. The first-order valence-corrected chi connectivity index (χ1v) is 7.17. The van der Waals surface area contributed by atoms with E-state index < -0.39 is 11.4 Å². The van der Waals surface area contributed by atoms with Crippen molar-refractivity contribution >= 4 is 11.9 Å². The van der Waals surface area contributed by atoms with E-state index in [0.717, 1.165) is 19.5 Å². The zero-order chi connectivity index (χ0) is 15.0. The maximum Gasteiger partial charge on any atom is 0.311 e. The van der Waals surface area contributed by atoms with Crippen LogP contribution in [0.2, 0.25) is 0 Å². The van der Waals surface area contributed by atoms with Gasteiger partial charge in [0, 0.05) is 19.1 Å². The summed E-state index contributed by atoms with van der Waals surface area (Å²) in [5.74, 6) is -1.22. The Labute approximate surface area is 121 Å². The van der Waals surface area contributed by atoms with Crippen molar-refractivity contribution < 1.29 is 14.7 Å². The molecule has 1 aliphatic heterocycles. The van der Waals surface area contributed by atoms with Crippen LogP contribution in [-0.2, 0) is 4.79 Å². The van der Waals surface area contributed by atoms with Crippen LogP contribution in [0.5, 0.6) is 0 Å². The fourth-order valence-electron chi connectivity index (χ4n) is 2.91. The quantitative estimate of drug-likeness (QED) is 0.709. The summed E-state index contributed by atoms with van der Waals surface area (Å²) < 4.78 is 1.68. The molecule has 2 atom stereocenters. The number of carboxylic acids is 1. The van der Waals surface area contributed by atoms with Crippen LogP contribution in [0.1, 0.15) is 42.7 Å². The molecule has 1 amide bonds. The smallest absolute Gasteiger partial charge is 0.311 e. The van der Waals surface area contributed by atoms with Crippen molar-refractivity contribution in [3.05, 3.63) is 11.9 Å². The first kappa shape index (κ1) is 14.0. The zero-order valence-electron chi connectivity index (χ0n) is 11.9. The molecule has 1 aliphatic carbocycles. The molecule has 2 unspecified atom stereocenters. The topological polar surface area (TPSA) is 109 Å². The molecule has 0 aromatic carbocycles. The summed E-state index contributed by atoms with van der Waals surface area (Å²) in [6.45, 7) is 3.33. The summed E-state index contributed by atoms with van der Waals surface area (Å²) in [6, 6.07) is -0.118. The average Bonchev–Trinajstić information content (AvgIpc) is 2.96. The summed E-state index contributed by atoms with van der Waals surface area (Å²) >= 11 is 0. The van der Waals surface area contributed by atoms with Crippen LogP contribution in [-0.4, -0.2) is 51.1 Å². The minimum Gasteiger partial charge on any atom is -0.481 e. The fraction of sp³-hybridized carbons (Fsp3) is 0.692. The highest BCUT2D eigenvalue weighted by Crippen LogP contribution is 2.38. The van der Waals surface area contributed by atoms with Crippen LogP contribution in [0.4, 0.5) is 0 Å². The average molecular weight is 293 g/mol. The van der Waals surface area contributed by atoms with Gasteiger partial charge in [0.05, 0.1) is 17.7 Å². The number of hydrogen-bond donors (Lipinski definition) is 3. The van der Waals surface area contributed by atoms with Gasteiger partial charge >= 0.3 is 5.97 Å². The SMILES string of the molecule is CC1(C(=O)O)CCCC1NC(=O)c1cn(C2CNC2)nn1. The van der Waals surface area contributed by atoms with E-state index in [9.17, 15) is 14.7 Å². The molecular weight excluding hydrogens is 274 g/mol. The van der Waals surface area contributed by atoms with Gasteiger partial charge in [-0.05, 0) is 19.8 Å². The minimum atomic E-state index is -0.899. The largest absolute Gasteiger partial charge is 0.481 e. The fourth-order valence-corrected chi connectivity index (χ4v) is 2.91. The highest BCUT2D eigenvalue weighted by atomic mass is 16.4. The second kappa shape index (κ2) is 5.10. The number of rotatable bonds is 4. The number of nitrogens with zero attached hydrogens (tertiary/aromatic N) is 3. The van der Waals surface area contributed by atoms with E-state index in [0.29, 0.717) is 12.8 Å². The van der Waals surface area contributed by atoms with Crippen molar-refractivity contribution in [3.8, 4) is 0 Å². The Morgan fingerprint density at radius 2 is 2.29 bits per heavy atom. The molecule has 0 bridgehead atoms. The molecule has 21 heavy (non-hydrogen) atoms. The maximum absolute atomic E-state index is 12.2. The first-order chi connectivity index (χ1) is 10.0. The number of aromatic nitrogens is 3. The van der Waals surface area contributed by atoms with Crippen molar-refractivity contribution in [1.29, 1.82) is 0 Å². The Morgan fingerprint density at radius 1 is 1.52 bits per heavy atom. The van der Waals surface area contributed by atoms with Crippen LogP contribution < -0.4 is 10.6 Å². The van der Waals surface area contributed by atoms with E-state index >= 15 is 0 Å². The number of aliphatic carboxylic acids is 1. The number of nitrogens with one attached hydrogen (secondary N) is 2. The second-order valence-corrected chi connectivity index (χ2v) is 6.04. The first-order valence-electron chi connectivity index (χ1n) is 7.17. The Kier molecular flexibility index (Phi) is 3.40. The Morgan fingerprint density at radius 3 is 2.90 bits per heavy atom. The van der Waals surface area contributed by atoms with E-state index in [2.05, 4.69) is 20.9 Å². The van der Waals surface area contributed by atoms with Crippen molar-refractivity contribution in [2.75, 3.05) is 13.1 Å². The minimum absolute atomic E-state index is 0.238. The molecule has 2 fully saturated rings. The predicted octanol–water partition coefficient (Wildman–Crippen LogP) is -0.204. The third-order valence-corrected chi connectivity index (χ3v) is 4.63. The number of carbonyl (C=O) groups excluding carboxylic acids is 1. The van der Waals surface area contributed by atoms with Gasteiger partial charge in [0.2, 0.25) is 0 Å². The van der Waals surface area contributed by atoms with Crippen molar-refractivity contribution in [1.82, 2.24) is 25.6 Å². The Bertz CT molecular complexity index is 568. The molecule has 1 saturated heterocycles. The summed E-state index contributed by atoms with van der Waals surface area (Å²) in [5.41, 5.74) is -0.662. The highest BCUT2D eigenvalue weighted by molar-refractivity contribution is 5.92. The maximum atomic E-state index is 12.2. The van der Waals surface area contributed by atoms with Gasteiger partial charge in [0.25, 0.3) is 5.91 Å². The van der Waals surface area contributed by atoms with Gasteiger partial charge in [0.15, 0.2) is 5.69 Å². The lowest BCUT2D eigenvalue weighted by Crippen LogP contribution is -2.47. The van der Waals surface area contributed by atoms with Crippen LogP contribution in [0.25, 0.3) is 0 Å². The third-order valence-electron chi connectivity index (χ3n) is 4.63. The predicted molar refractivity (Wildman–Crippen MR) is 72.8 cm³/mol. The standard InChI is InChI=1S/C13H19N5O3/c1-13(12(20)21)4-2-3-10(13)15-11(19)9-7-18(17-16-9)8-5-14-6-8/h7-8,10,14H,2-6H2,1H3,(H,15,19)(H,20,21). The second-order valence-electron chi connectivity index (χ2n) is 6.04. The molecule has 3 N–H and O–H groups in total. The van der Waals surface area contributed by atoms with E-state index in [1.165, 1.54) is 0 Å². The van der Waals surface area contributed by atoms with Crippen LogP contribution in [0.15, 0.2) is 6.20 Å². The Balaban J connectivity index is 1.68. The van der Waals surface area contributed by atoms with Gasteiger partial charge in [-0.15, -0.1) is 5.10 Å². The number of carboxylic acid groups (broad SMARTS) is 1. The van der Waals surface area contributed by atoms with E-state index in [4.69, 9.17) is 0 Å². The Hall–Kier alpha value is -1.96. The van der Waals surface area contributed by atoms with E-state index in [1.807, 2.05) is 0 Å². The lowest BCUT2D eigenvalue weighted by molar-refractivity contribution is -0.148. The summed E-state index contributed by atoms with van der Waals surface area (Å²) in [4.78, 5) is 23.6. The number of carbonyl (C=O) groups is 2. The highest BCUT2D eigenvalue weighted by Gasteiger charge is 2.46. The number of hydrogen-bond acceptors (Lipinski definition) is 5. The summed E-state index contributed by atoms with van der Waals surface area (Å²) in [7, 11) is 0. The molecule has 1 saturated carbocycles. The lowest BCUT2D eigenvalue weighted by atomic mass is 9.85. The third kappa shape index (κ3) is 2.39. The monoisotopic (exact) mass is 293 g/mol. The molecular formula is C13H19N5O3. The normalized spacial score (nSPS) is 29.1. The molecule has 114 valence electrons. The van der Waals surface area contributed by atoms with Crippen LogP contribution in [0, 0.1) is 5.41 Å². The van der Waals surface area contributed by atoms with Crippen molar-refractivity contribution in [3.63, 3.8) is 0 Å². The molecule has 3 rings (SSSR count). The van der Waals surface area contributed by atoms with Crippen molar-refractivity contribution in [2.24, 2.45) is 5.41 Å². The van der Waals surface area contributed by atoms with Gasteiger partial charge in [-0.2, -0.15) is 0 Å². The van der Waals surface area contributed by atoms with Gasteiger partial charge in [-0.3, -0.25) is 9.59 Å². The molecule has 2 aliphatic rings. The molecule has 0 spiro atoms. The van der Waals surface area contributed by atoms with Gasteiger partial charge in [0.1, 0.15) is 0 Å². The zero-order valence-corrected chi connectivity index (χ0v) is 11.9. The molecule has 8 heteroatoms. The molecule has 1 aromatic heterocycles. The van der Waals surface area contributed by atoms with Gasteiger partial charge in [-0.25, -0.2) is 4.68 Å². The lowest BCUT2D eigenvalue weighted by Gasteiger charge is -2.27.